The summed E-state index contributed by atoms with van der Waals surface area (Å²) in [7, 11) is 0. The Morgan fingerprint density at radius 3 is 2.65 bits per heavy atom. The fourth-order valence-electron chi connectivity index (χ4n) is 3.17. The minimum absolute atomic E-state index is 0. The summed E-state index contributed by atoms with van der Waals surface area (Å²) in [6, 6.07) is 8.18. The van der Waals surface area contributed by atoms with Crippen molar-refractivity contribution in [3.63, 3.8) is 0 Å². The first-order valence-electron chi connectivity index (χ1n) is 8.43. The number of esters is 1. The number of hydrogen-bond acceptors (Lipinski definition) is 4. The number of nitrogens with two attached hydrogens (primary N) is 1. The van der Waals surface area contributed by atoms with Gasteiger partial charge in [-0.15, -0.1) is 12.4 Å². The molecular formula is C18H25ClF2N2O3. The number of alkyl halides is 2. The third-order valence-electron chi connectivity index (χ3n) is 4.54. The summed E-state index contributed by atoms with van der Waals surface area (Å²) >= 11 is 0. The first-order chi connectivity index (χ1) is 11.9. The lowest BCUT2D eigenvalue weighted by Gasteiger charge is -2.32. The van der Waals surface area contributed by atoms with Crippen LogP contribution in [0.4, 0.5) is 8.78 Å². The first kappa shape index (κ1) is 22.3. The monoisotopic (exact) mass is 390 g/mol. The number of halogens is 3. The molecule has 0 aromatic heterocycles. The minimum Gasteiger partial charge on any atom is -0.463 e. The van der Waals surface area contributed by atoms with E-state index in [2.05, 4.69) is 4.99 Å². The van der Waals surface area contributed by atoms with Gasteiger partial charge in [0.1, 0.15) is 0 Å². The van der Waals surface area contributed by atoms with E-state index < -0.39 is 29.8 Å². The maximum absolute atomic E-state index is 13.6. The second-order valence-corrected chi connectivity index (χ2v) is 6.33. The van der Waals surface area contributed by atoms with E-state index in [9.17, 15) is 18.7 Å². The molecule has 8 heteroatoms. The Kier molecular flexibility index (Phi) is 8.43. The van der Waals surface area contributed by atoms with Gasteiger partial charge in [0, 0.05) is 25.3 Å². The third kappa shape index (κ3) is 5.38. The normalized spacial score (nSPS) is 21.1. The topological polar surface area (TPSA) is 84.9 Å². The Morgan fingerprint density at radius 1 is 1.38 bits per heavy atom. The van der Waals surface area contributed by atoms with Gasteiger partial charge in [0.2, 0.25) is 5.92 Å². The van der Waals surface area contributed by atoms with Crippen molar-refractivity contribution in [3.05, 3.63) is 35.9 Å². The highest BCUT2D eigenvalue weighted by Crippen LogP contribution is 2.47. The van der Waals surface area contributed by atoms with Crippen LogP contribution < -0.4 is 5.73 Å². The van der Waals surface area contributed by atoms with Crippen LogP contribution >= 0.6 is 12.4 Å². The van der Waals surface area contributed by atoms with Gasteiger partial charge >= 0.3 is 5.97 Å². The highest BCUT2D eigenvalue weighted by molar-refractivity contribution is 5.85. The molecule has 1 aliphatic carbocycles. The van der Waals surface area contributed by atoms with Crippen molar-refractivity contribution in [2.75, 3.05) is 13.2 Å². The van der Waals surface area contributed by atoms with Crippen LogP contribution in [0.15, 0.2) is 35.3 Å². The molecule has 2 unspecified atom stereocenters. The highest BCUT2D eigenvalue weighted by atomic mass is 35.5. The number of benzene rings is 1. The van der Waals surface area contributed by atoms with Gasteiger partial charge in [-0.3, -0.25) is 4.99 Å². The van der Waals surface area contributed by atoms with Crippen LogP contribution in [0.1, 0.15) is 37.7 Å². The fourth-order valence-corrected chi connectivity index (χ4v) is 3.17. The zero-order valence-corrected chi connectivity index (χ0v) is 15.3. The molecule has 1 aliphatic rings. The fraction of sp³-hybridized carbons (Fsp3) is 0.556. The van der Waals surface area contributed by atoms with E-state index in [0.29, 0.717) is 19.4 Å². The van der Waals surface area contributed by atoms with Crippen LogP contribution in [0.5, 0.6) is 0 Å². The molecular weight excluding hydrogens is 366 g/mol. The van der Waals surface area contributed by atoms with Crippen LogP contribution in [0, 0.1) is 5.92 Å². The molecule has 0 amide bonds. The minimum atomic E-state index is -2.87. The lowest BCUT2D eigenvalue weighted by atomic mass is 9.80. The number of nitrogens with zero attached hydrogens (tertiary/aromatic N) is 1. The van der Waals surface area contributed by atoms with E-state index in [1.165, 1.54) is 6.34 Å². The average Bonchev–Trinajstić information content (AvgIpc) is 2.98. The molecule has 1 saturated carbocycles. The van der Waals surface area contributed by atoms with Gasteiger partial charge in [-0.05, 0) is 24.8 Å². The van der Waals surface area contributed by atoms with E-state index in [-0.39, 0.29) is 37.4 Å². The van der Waals surface area contributed by atoms with E-state index in [4.69, 9.17) is 10.5 Å². The zero-order valence-electron chi connectivity index (χ0n) is 14.4. The van der Waals surface area contributed by atoms with Gasteiger partial charge in [-0.25, -0.2) is 13.6 Å². The lowest BCUT2D eigenvalue weighted by molar-refractivity contribution is -0.175. The van der Waals surface area contributed by atoms with Crippen molar-refractivity contribution < 1.29 is 23.4 Å². The van der Waals surface area contributed by atoms with Gasteiger partial charge in [0.25, 0.3) is 0 Å². The Bertz CT molecular complexity index is 601. The van der Waals surface area contributed by atoms with Crippen LogP contribution in [0.3, 0.4) is 0 Å². The third-order valence-corrected chi connectivity index (χ3v) is 4.54. The summed E-state index contributed by atoms with van der Waals surface area (Å²) in [5.74, 6) is -4.61. The number of aliphatic imine (C=N–C) groups is 1. The summed E-state index contributed by atoms with van der Waals surface area (Å²) in [6.07, 6.45) is 1.63. The molecule has 0 heterocycles. The van der Waals surface area contributed by atoms with E-state index in [1.807, 2.05) is 0 Å². The zero-order chi connectivity index (χ0) is 18.3. The Labute approximate surface area is 158 Å². The maximum Gasteiger partial charge on any atom is 0.343 e. The Morgan fingerprint density at radius 2 is 2.08 bits per heavy atom. The molecule has 3 N–H and O–H groups in total. The van der Waals surface area contributed by atoms with Gasteiger partial charge in [0.05, 0.1) is 12.9 Å². The molecule has 0 radical (unpaired) electrons. The Balaban J connectivity index is 0.00000338. The number of carbonyl (C=O) groups excluding carboxylic acids is 1. The molecule has 146 valence electrons. The van der Waals surface area contributed by atoms with Gasteiger partial charge in [0.15, 0.2) is 5.60 Å². The van der Waals surface area contributed by atoms with Gasteiger partial charge < -0.3 is 15.6 Å². The van der Waals surface area contributed by atoms with Crippen molar-refractivity contribution in [2.24, 2.45) is 16.6 Å². The van der Waals surface area contributed by atoms with Crippen LogP contribution in [-0.2, 0) is 15.1 Å². The largest absolute Gasteiger partial charge is 0.463 e. The number of ether oxygens (including phenoxy) is 1. The standard InChI is InChI=1S/C18H24F2N2O3.ClH/c19-17(20)9-8-15(12-17)18(24,14-6-2-1-3-7-14)16(23)25-11-5-4-10-22-13-21;/h1-3,6-7,13,15,24H,4-5,8-12H2,(H2,21,22);1H. The van der Waals surface area contributed by atoms with Crippen LogP contribution in [0.25, 0.3) is 0 Å². The van der Waals surface area contributed by atoms with Crippen molar-refractivity contribution in [3.8, 4) is 0 Å². The molecule has 2 rings (SSSR count). The van der Waals surface area contributed by atoms with Crippen LogP contribution in [0.2, 0.25) is 0 Å². The number of unbranched alkanes of at least 4 members (excludes halogenated alkanes) is 1. The average molecular weight is 391 g/mol. The van der Waals surface area contributed by atoms with E-state index in [0.717, 1.165) is 0 Å². The summed E-state index contributed by atoms with van der Waals surface area (Å²) in [4.78, 5) is 16.4. The molecule has 1 aromatic rings. The maximum atomic E-state index is 13.6. The predicted molar refractivity (Wildman–Crippen MR) is 97.6 cm³/mol. The predicted octanol–water partition coefficient (Wildman–Crippen LogP) is 3.04. The van der Waals surface area contributed by atoms with Gasteiger partial charge in [-0.1, -0.05) is 30.3 Å². The molecule has 0 bridgehead atoms. The quantitative estimate of drug-likeness (QED) is 0.309. The lowest BCUT2D eigenvalue weighted by Crippen LogP contribution is -2.44. The summed E-state index contributed by atoms with van der Waals surface area (Å²) in [6.45, 7) is 0.614. The smallest absolute Gasteiger partial charge is 0.343 e. The van der Waals surface area contributed by atoms with Crippen molar-refractivity contribution in [1.82, 2.24) is 0 Å². The molecule has 26 heavy (non-hydrogen) atoms. The molecule has 0 saturated heterocycles. The van der Waals surface area contributed by atoms with E-state index in [1.54, 1.807) is 30.3 Å². The second-order valence-electron chi connectivity index (χ2n) is 6.33. The first-order valence-corrected chi connectivity index (χ1v) is 8.43. The van der Waals surface area contributed by atoms with E-state index >= 15 is 0 Å². The SMILES string of the molecule is Cl.NC=NCCCCOC(=O)C(O)(c1ccccc1)C1CCC(F)(F)C1. The van der Waals surface area contributed by atoms with Crippen molar-refractivity contribution in [1.29, 1.82) is 0 Å². The van der Waals surface area contributed by atoms with Gasteiger partial charge in [-0.2, -0.15) is 0 Å². The molecule has 2 atom stereocenters. The molecule has 1 fully saturated rings. The van der Waals surface area contributed by atoms with Crippen molar-refractivity contribution in [2.45, 2.75) is 43.6 Å². The Hall–Kier alpha value is -1.73. The summed E-state index contributed by atoms with van der Waals surface area (Å²) in [5.41, 5.74) is 3.36. The number of carbonyl (C=O) groups is 1. The number of hydrogen-bond donors (Lipinski definition) is 2. The number of aliphatic hydroxyl groups is 1. The highest BCUT2D eigenvalue weighted by Gasteiger charge is 2.54. The second kappa shape index (κ2) is 9.83. The summed E-state index contributed by atoms with van der Waals surface area (Å²) < 4.78 is 32.5. The van der Waals surface area contributed by atoms with Crippen LogP contribution in [-0.4, -0.2) is 36.5 Å². The molecule has 5 nitrogen and oxygen atoms in total. The molecule has 0 aliphatic heterocycles. The van der Waals surface area contributed by atoms with Crippen molar-refractivity contribution >= 4 is 24.7 Å². The summed E-state index contributed by atoms with van der Waals surface area (Å²) in [5, 5.41) is 11.1. The number of rotatable bonds is 8. The molecule has 0 spiro atoms. The molecule has 1 aromatic carbocycles.